The summed E-state index contributed by atoms with van der Waals surface area (Å²) in [4.78, 5) is 0. The monoisotopic (exact) mass is 276 g/mol. The third kappa shape index (κ3) is 9.77. The molecule has 1 aliphatic heterocycles. The van der Waals surface area contributed by atoms with Crippen molar-refractivity contribution in [2.24, 2.45) is 0 Å². The molecule has 0 saturated carbocycles. The molecule has 96 valence electrons. The van der Waals surface area contributed by atoms with Gasteiger partial charge in [-0.1, -0.05) is 38.1 Å². The van der Waals surface area contributed by atoms with Gasteiger partial charge < -0.3 is 9.47 Å². The van der Waals surface area contributed by atoms with Crippen LogP contribution in [0.3, 0.4) is 0 Å². The van der Waals surface area contributed by atoms with Crippen LogP contribution in [0.15, 0.2) is 0 Å². The summed E-state index contributed by atoms with van der Waals surface area (Å²) in [5.41, 5.74) is 0. The van der Waals surface area contributed by atoms with Gasteiger partial charge in [0.05, 0.1) is 13.2 Å². The van der Waals surface area contributed by atoms with E-state index in [1.807, 2.05) is 0 Å². The molecule has 5 heteroatoms. The lowest BCUT2D eigenvalue weighted by Gasteiger charge is -2.02. The molecule has 1 unspecified atom stereocenters. The summed E-state index contributed by atoms with van der Waals surface area (Å²) < 4.78 is 10.6. The Morgan fingerprint density at radius 2 is 1.81 bits per heavy atom. The van der Waals surface area contributed by atoms with Crippen LogP contribution in [-0.2, 0) is 9.47 Å². The molecule has 1 heterocycles. The second-order valence-corrected chi connectivity index (χ2v) is 21.4. The zero-order valence-corrected chi connectivity index (χ0v) is 15.7. The fourth-order valence-corrected chi connectivity index (χ4v) is 10.2. The second kappa shape index (κ2) is 10.7. The second-order valence-electron chi connectivity index (χ2n) is 4.86. The smallest absolute Gasteiger partial charge is 0.104 e. The molecule has 0 amide bonds. The highest BCUT2D eigenvalue weighted by molar-refractivity contribution is 7.23. The Labute approximate surface area is 108 Å². The minimum absolute atomic E-state index is 0.439. The van der Waals surface area contributed by atoms with Crippen molar-refractivity contribution in [1.29, 1.82) is 0 Å². The normalized spacial score (nSPS) is 20.6. The van der Waals surface area contributed by atoms with Crippen LogP contribution >= 0.6 is 0 Å². The Kier molecular flexibility index (Phi) is 9.79. The predicted molar refractivity (Wildman–Crippen MR) is 80.1 cm³/mol. The van der Waals surface area contributed by atoms with E-state index in [2.05, 4.69) is 0 Å². The van der Waals surface area contributed by atoms with Gasteiger partial charge in [0, 0.05) is 15.6 Å². The van der Waals surface area contributed by atoms with Crippen LogP contribution in [0.4, 0.5) is 0 Å². The van der Waals surface area contributed by atoms with Crippen LogP contribution in [-0.4, -0.2) is 53.3 Å². The highest BCUT2D eigenvalue weighted by Gasteiger charge is 2.21. The summed E-state index contributed by atoms with van der Waals surface area (Å²) in [5.74, 6) is 0. The summed E-state index contributed by atoms with van der Waals surface area (Å²) in [5, 5.41) is 0. The minimum atomic E-state index is 0.439. The third-order valence-corrected chi connectivity index (χ3v) is 14.8. The zero-order chi connectivity index (χ0) is 11.5. The Bertz CT molecular complexity index is 154. The van der Waals surface area contributed by atoms with Crippen molar-refractivity contribution in [2.75, 3.05) is 19.8 Å². The van der Waals surface area contributed by atoms with Gasteiger partial charge in [-0.25, -0.2) is 0 Å². The van der Waals surface area contributed by atoms with E-state index in [0.29, 0.717) is 23.7 Å². The molecular weight excluding hydrogens is 248 g/mol. The molecule has 0 radical (unpaired) electrons. The van der Waals surface area contributed by atoms with Gasteiger partial charge in [0.1, 0.15) is 6.10 Å². The van der Waals surface area contributed by atoms with Crippen LogP contribution in [0, 0.1) is 0 Å². The number of hydrogen-bond donors (Lipinski definition) is 0. The van der Waals surface area contributed by atoms with Gasteiger partial charge in [-0.05, 0) is 24.7 Å². The Morgan fingerprint density at radius 3 is 2.50 bits per heavy atom. The van der Waals surface area contributed by atoms with Crippen LogP contribution in [0.25, 0.3) is 0 Å². The number of epoxide rings is 1. The Balaban J connectivity index is 1.61. The van der Waals surface area contributed by atoms with E-state index in [4.69, 9.17) is 9.47 Å². The van der Waals surface area contributed by atoms with Gasteiger partial charge in [0.25, 0.3) is 0 Å². The van der Waals surface area contributed by atoms with Crippen LogP contribution in [0.5, 0.6) is 0 Å². The number of hydrogen-bond acceptors (Lipinski definition) is 2. The summed E-state index contributed by atoms with van der Waals surface area (Å²) >= 11 is 0. The molecule has 16 heavy (non-hydrogen) atoms. The van der Waals surface area contributed by atoms with Crippen LogP contribution in [0.2, 0.25) is 6.04 Å². The summed E-state index contributed by atoms with van der Waals surface area (Å²) in [6.45, 7) is 2.69. The largest absolute Gasteiger partial charge is 0.379 e. The van der Waals surface area contributed by atoms with E-state index in [-0.39, 0.29) is 0 Å². The quantitative estimate of drug-likeness (QED) is 0.277. The summed E-state index contributed by atoms with van der Waals surface area (Å²) in [6.07, 6.45) is 8.98. The van der Waals surface area contributed by atoms with Gasteiger partial charge in [-0.3, -0.25) is 0 Å². The van der Waals surface area contributed by atoms with E-state index in [1.54, 1.807) is 22.2 Å². The average molecular weight is 277 g/mol. The topological polar surface area (TPSA) is 21.8 Å². The highest BCUT2D eigenvalue weighted by Crippen LogP contribution is 2.10. The maximum Gasteiger partial charge on any atom is 0.104 e. The lowest BCUT2D eigenvalue weighted by molar-refractivity contribution is 0.113. The van der Waals surface area contributed by atoms with E-state index in [0.717, 1.165) is 19.8 Å². The molecule has 0 aromatic rings. The molecule has 0 aromatic carbocycles. The van der Waals surface area contributed by atoms with Gasteiger partial charge in [0.2, 0.25) is 0 Å². The Morgan fingerprint density at radius 1 is 1.12 bits per heavy atom. The molecular formula is C11H28O2Si3. The molecule has 2 nitrogen and oxygen atoms in total. The summed E-state index contributed by atoms with van der Waals surface area (Å²) in [6, 6.07) is 1.67. The maximum atomic E-state index is 5.51. The van der Waals surface area contributed by atoms with Crippen molar-refractivity contribution in [3.05, 3.63) is 0 Å². The number of rotatable bonds is 12. The number of unbranched alkanes of at least 4 members (excludes halogenated alkanes) is 5. The molecule has 0 bridgehead atoms. The van der Waals surface area contributed by atoms with Crippen LogP contribution < -0.4 is 0 Å². The Hall–Kier alpha value is 0.571. The van der Waals surface area contributed by atoms with Crippen LogP contribution in [0.1, 0.15) is 38.5 Å². The zero-order valence-electron chi connectivity index (χ0n) is 10.9. The molecule has 1 saturated heterocycles. The van der Waals surface area contributed by atoms with Crippen molar-refractivity contribution >= 4 is 27.4 Å². The molecule has 0 N–H and O–H groups in total. The molecule has 1 fully saturated rings. The predicted octanol–water partition coefficient (Wildman–Crippen LogP) is -0.306. The maximum absolute atomic E-state index is 5.51. The first-order chi connectivity index (χ1) is 7.93. The first-order valence-electron chi connectivity index (χ1n) is 7.13. The molecule has 1 rings (SSSR count). The van der Waals surface area contributed by atoms with E-state index in [1.165, 1.54) is 32.1 Å². The lowest BCUT2D eigenvalue weighted by atomic mass is 10.1. The third-order valence-electron chi connectivity index (χ3n) is 3.10. The first kappa shape index (κ1) is 14.6. The molecule has 1 aliphatic rings. The number of ether oxygens (including phenoxy) is 2. The molecule has 0 aliphatic carbocycles. The fraction of sp³-hybridized carbons (Fsp3) is 1.00. The van der Waals surface area contributed by atoms with Crippen molar-refractivity contribution in [3.8, 4) is 0 Å². The lowest BCUT2D eigenvalue weighted by Crippen LogP contribution is -2.02. The standard InChI is InChI=1S/C11H28O2Si3/c14-16-15-8-6-4-2-1-3-5-7-12-9-11-10-13-11/h11H,1-10,15-16H2,14H3. The molecule has 0 aromatic heterocycles. The van der Waals surface area contributed by atoms with Crippen molar-refractivity contribution < 1.29 is 9.47 Å². The van der Waals surface area contributed by atoms with Crippen molar-refractivity contribution in [2.45, 2.75) is 50.7 Å². The highest BCUT2D eigenvalue weighted by atomic mass is 29.5. The van der Waals surface area contributed by atoms with Gasteiger partial charge >= 0.3 is 0 Å². The van der Waals surface area contributed by atoms with Crippen molar-refractivity contribution in [1.82, 2.24) is 0 Å². The SMILES string of the molecule is [SiH3][SiH2][SiH2]CCCCCCCCOCC1CO1. The fourth-order valence-electron chi connectivity index (χ4n) is 1.89. The first-order valence-corrected chi connectivity index (χ1v) is 17.8. The molecule has 0 spiro atoms. The van der Waals surface area contributed by atoms with E-state index < -0.39 is 0 Å². The van der Waals surface area contributed by atoms with E-state index in [9.17, 15) is 0 Å². The minimum Gasteiger partial charge on any atom is -0.379 e. The molecule has 1 atom stereocenters. The van der Waals surface area contributed by atoms with Crippen molar-refractivity contribution in [3.63, 3.8) is 0 Å². The van der Waals surface area contributed by atoms with Gasteiger partial charge in [-0.15, -0.1) is 0 Å². The van der Waals surface area contributed by atoms with E-state index >= 15 is 0 Å². The average Bonchev–Trinajstić information content (AvgIpc) is 3.10. The van der Waals surface area contributed by atoms with Gasteiger partial charge in [0.15, 0.2) is 0 Å². The summed E-state index contributed by atoms with van der Waals surface area (Å²) in [7, 11) is 2.74. The van der Waals surface area contributed by atoms with Gasteiger partial charge in [-0.2, -0.15) is 0 Å².